The number of nitrogens with two attached hydrogens (primary N) is 1. The maximum atomic E-state index is 5.83. The van der Waals surface area contributed by atoms with E-state index in [1.807, 2.05) is 0 Å². The van der Waals surface area contributed by atoms with Crippen LogP contribution < -0.4 is 10.5 Å². The van der Waals surface area contributed by atoms with Crippen molar-refractivity contribution in [1.82, 2.24) is 10.2 Å². The molecular weight excluding hydrogens is 178 g/mol. The van der Waals surface area contributed by atoms with Crippen molar-refractivity contribution in [1.29, 1.82) is 0 Å². The fourth-order valence-corrected chi connectivity index (χ4v) is 1.89. The first-order chi connectivity index (χ1) is 6.84. The van der Waals surface area contributed by atoms with Crippen LogP contribution in [0, 0.1) is 5.92 Å². The van der Waals surface area contributed by atoms with Crippen LogP contribution in [0.1, 0.15) is 25.7 Å². The molecule has 4 nitrogen and oxygen atoms in total. The van der Waals surface area contributed by atoms with E-state index in [-0.39, 0.29) is 0 Å². The maximum Gasteiger partial charge on any atom is 0.156 e. The van der Waals surface area contributed by atoms with Crippen LogP contribution in [-0.2, 0) is 0 Å². The van der Waals surface area contributed by atoms with Crippen molar-refractivity contribution in [2.75, 3.05) is 6.61 Å². The Bertz CT molecular complexity index is 252. The van der Waals surface area contributed by atoms with Crippen molar-refractivity contribution in [3.8, 4) is 5.75 Å². The van der Waals surface area contributed by atoms with Crippen LogP contribution in [0.2, 0.25) is 0 Å². The number of hydrogen-bond donors (Lipinski definition) is 2. The Morgan fingerprint density at radius 3 is 2.86 bits per heavy atom. The Labute approximate surface area is 83.8 Å². The predicted octanol–water partition coefficient (Wildman–Crippen LogP) is 1.31. The zero-order valence-electron chi connectivity index (χ0n) is 8.28. The molecule has 0 spiro atoms. The van der Waals surface area contributed by atoms with Gasteiger partial charge in [-0.15, -0.1) is 0 Å². The van der Waals surface area contributed by atoms with Gasteiger partial charge in [0.15, 0.2) is 5.75 Å². The van der Waals surface area contributed by atoms with Crippen molar-refractivity contribution in [2.45, 2.75) is 31.7 Å². The molecule has 1 aliphatic carbocycles. The summed E-state index contributed by atoms with van der Waals surface area (Å²) in [5.74, 6) is 1.50. The van der Waals surface area contributed by atoms with E-state index in [9.17, 15) is 0 Å². The van der Waals surface area contributed by atoms with Gasteiger partial charge in [0.2, 0.25) is 0 Å². The summed E-state index contributed by atoms with van der Waals surface area (Å²) in [4.78, 5) is 0. The van der Waals surface area contributed by atoms with E-state index in [1.54, 1.807) is 12.4 Å². The van der Waals surface area contributed by atoms with E-state index in [2.05, 4.69) is 10.2 Å². The first-order valence-electron chi connectivity index (χ1n) is 5.22. The average Bonchev–Trinajstić information content (AvgIpc) is 2.70. The van der Waals surface area contributed by atoms with Crippen LogP contribution in [0.3, 0.4) is 0 Å². The Balaban J connectivity index is 1.71. The van der Waals surface area contributed by atoms with E-state index >= 15 is 0 Å². The van der Waals surface area contributed by atoms with Crippen LogP contribution in [0.5, 0.6) is 5.75 Å². The first-order valence-corrected chi connectivity index (χ1v) is 5.22. The Morgan fingerprint density at radius 1 is 1.43 bits per heavy atom. The molecule has 1 aliphatic rings. The van der Waals surface area contributed by atoms with Gasteiger partial charge in [0.05, 0.1) is 19.0 Å². The highest BCUT2D eigenvalue weighted by molar-refractivity contribution is 5.10. The molecule has 1 aromatic heterocycles. The summed E-state index contributed by atoms with van der Waals surface area (Å²) in [6.45, 7) is 0.798. The van der Waals surface area contributed by atoms with Gasteiger partial charge in [-0.05, 0) is 31.6 Å². The highest BCUT2D eigenvalue weighted by Gasteiger charge is 2.18. The fraction of sp³-hybridized carbons (Fsp3) is 0.700. The molecular formula is C10H17N3O. The second kappa shape index (κ2) is 4.46. The van der Waals surface area contributed by atoms with Gasteiger partial charge >= 0.3 is 0 Å². The first kappa shape index (κ1) is 9.52. The monoisotopic (exact) mass is 195 g/mol. The molecule has 0 unspecified atom stereocenters. The van der Waals surface area contributed by atoms with Gasteiger partial charge in [-0.1, -0.05) is 0 Å². The summed E-state index contributed by atoms with van der Waals surface area (Å²) in [5, 5.41) is 6.56. The third-order valence-electron chi connectivity index (χ3n) is 2.85. The highest BCUT2D eigenvalue weighted by Crippen LogP contribution is 2.23. The lowest BCUT2D eigenvalue weighted by atomic mass is 9.87. The van der Waals surface area contributed by atoms with Crippen LogP contribution in [0.15, 0.2) is 12.4 Å². The molecule has 0 aromatic carbocycles. The molecule has 0 radical (unpaired) electrons. The standard InChI is InChI=1S/C10H17N3O/c11-9-3-1-8(2-4-9)7-14-10-5-12-13-6-10/h5-6,8-9H,1-4,7,11H2,(H,12,13). The number of H-pyrrole nitrogens is 1. The van der Waals surface area contributed by atoms with Crippen LogP contribution in [-0.4, -0.2) is 22.8 Å². The van der Waals surface area contributed by atoms with Gasteiger partial charge in [-0.25, -0.2) is 0 Å². The number of nitrogens with one attached hydrogen (secondary N) is 1. The van der Waals surface area contributed by atoms with Crippen molar-refractivity contribution < 1.29 is 4.74 Å². The van der Waals surface area contributed by atoms with Crippen molar-refractivity contribution >= 4 is 0 Å². The third-order valence-corrected chi connectivity index (χ3v) is 2.85. The van der Waals surface area contributed by atoms with E-state index in [0.29, 0.717) is 12.0 Å². The summed E-state index contributed by atoms with van der Waals surface area (Å²) < 4.78 is 5.59. The number of rotatable bonds is 3. The zero-order chi connectivity index (χ0) is 9.80. The molecule has 0 bridgehead atoms. The van der Waals surface area contributed by atoms with Crippen LogP contribution >= 0.6 is 0 Å². The molecule has 2 rings (SSSR count). The Kier molecular flexibility index (Phi) is 3.03. The topological polar surface area (TPSA) is 63.9 Å². The maximum absolute atomic E-state index is 5.83. The van der Waals surface area contributed by atoms with E-state index in [0.717, 1.165) is 25.2 Å². The van der Waals surface area contributed by atoms with Crippen molar-refractivity contribution in [2.24, 2.45) is 11.7 Å². The molecule has 1 aromatic rings. The average molecular weight is 195 g/mol. The highest BCUT2D eigenvalue weighted by atomic mass is 16.5. The molecule has 3 N–H and O–H groups in total. The van der Waals surface area contributed by atoms with Crippen LogP contribution in [0.4, 0.5) is 0 Å². The summed E-state index contributed by atoms with van der Waals surface area (Å²) in [6, 6.07) is 0.417. The third kappa shape index (κ3) is 2.48. The molecule has 1 fully saturated rings. The van der Waals surface area contributed by atoms with Crippen molar-refractivity contribution in [3.05, 3.63) is 12.4 Å². The lowest BCUT2D eigenvalue weighted by molar-refractivity contribution is 0.200. The largest absolute Gasteiger partial charge is 0.490 e. The second-order valence-electron chi connectivity index (χ2n) is 4.03. The smallest absolute Gasteiger partial charge is 0.156 e. The molecule has 4 heteroatoms. The van der Waals surface area contributed by atoms with E-state index in [4.69, 9.17) is 10.5 Å². The number of aromatic nitrogens is 2. The van der Waals surface area contributed by atoms with Gasteiger partial charge in [0, 0.05) is 6.04 Å². The summed E-state index contributed by atoms with van der Waals surface area (Å²) in [5.41, 5.74) is 5.83. The fourth-order valence-electron chi connectivity index (χ4n) is 1.89. The zero-order valence-corrected chi connectivity index (χ0v) is 8.28. The minimum Gasteiger partial charge on any atom is -0.490 e. The number of hydrogen-bond acceptors (Lipinski definition) is 3. The number of aromatic amines is 1. The van der Waals surface area contributed by atoms with Crippen LogP contribution in [0.25, 0.3) is 0 Å². The summed E-state index contributed by atoms with van der Waals surface area (Å²) in [6.07, 6.45) is 8.14. The Hall–Kier alpha value is -1.03. The lowest BCUT2D eigenvalue weighted by Crippen LogP contribution is -2.28. The molecule has 0 atom stereocenters. The summed E-state index contributed by atoms with van der Waals surface area (Å²) >= 11 is 0. The summed E-state index contributed by atoms with van der Waals surface area (Å²) in [7, 11) is 0. The number of nitrogens with zero attached hydrogens (tertiary/aromatic N) is 1. The minimum atomic E-state index is 0.417. The molecule has 1 heterocycles. The van der Waals surface area contributed by atoms with E-state index in [1.165, 1.54) is 12.8 Å². The number of ether oxygens (including phenoxy) is 1. The second-order valence-corrected chi connectivity index (χ2v) is 4.03. The van der Waals surface area contributed by atoms with Gasteiger partial charge < -0.3 is 10.5 Å². The minimum absolute atomic E-state index is 0.417. The lowest BCUT2D eigenvalue weighted by Gasteiger charge is -2.25. The van der Waals surface area contributed by atoms with E-state index < -0.39 is 0 Å². The molecule has 1 saturated carbocycles. The normalized spacial score (nSPS) is 27.5. The van der Waals surface area contributed by atoms with Crippen molar-refractivity contribution in [3.63, 3.8) is 0 Å². The van der Waals surface area contributed by atoms with Gasteiger partial charge in [-0.3, -0.25) is 5.10 Å². The molecule has 14 heavy (non-hydrogen) atoms. The Morgan fingerprint density at radius 2 is 2.21 bits per heavy atom. The quantitative estimate of drug-likeness (QED) is 0.764. The molecule has 0 aliphatic heterocycles. The van der Waals surface area contributed by atoms with Gasteiger partial charge in [0.1, 0.15) is 0 Å². The molecule has 0 amide bonds. The van der Waals surface area contributed by atoms with Gasteiger partial charge in [-0.2, -0.15) is 5.10 Å². The molecule has 78 valence electrons. The van der Waals surface area contributed by atoms with Gasteiger partial charge in [0.25, 0.3) is 0 Å². The SMILES string of the molecule is NC1CCC(COc2cn[nH]c2)CC1. The molecule has 0 saturated heterocycles. The predicted molar refractivity (Wildman–Crippen MR) is 54.0 cm³/mol.